The van der Waals surface area contributed by atoms with E-state index in [0.717, 1.165) is 6.42 Å². The van der Waals surface area contributed by atoms with Crippen molar-refractivity contribution in [2.75, 3.05) is 0 Å². The molecule has 4 aliphatic carbocycles. The largest absolute Gasteiger partial charge is 0.462 e. The summed E-state index contributed by atoms with van der Waals surface area (Å²) in [4.78, 5) is 38.7. The molecule has 1 heterocycles. The fraction of sp³-hybridized carbons (Fsp3) is 0.815. The molecule has 7 heteroatoms. The Morgan fingerprint density at radius 1 is 1.00 bits per heavy atom. The molecular formula is C27H38O7. The summed E-state index contributed by atoms with van der Waals surface area (Å²) in [6.07, 6.45) is 1.00. The Hall–Kier alpha value is -1.73. The Kier molecular flexibility index (Phi) is 5.05. The van der Waals surface area contributed by atoms with Gasteiger partial charge in [-0.2, -0.15) is 0 Å². The Bertz CT molecular complexity index is 966. The highest BCUT2D eigenvalue weighted by Gasteiger charge is 2.81. The van der Waals surface area contributed by atoms with Gasteiger partial charge in [-0.05, 0) is 56.4 Å². The number of ether oxygens (including phenoxy) is 4. The molecule has 4 saturated carbocycles. The molecule has 0 aromatic carbocycles. The van der Waals surface area contributed by atoms with Crippen molar-refractivity contribution in [2.24, 2.45) is 34.0 Å². The lowest BCUT2D eigenvalue weighted by Crippen LogP contribution is -2.76. The molecule has 0 aromatic rings. The Labute approximate surface area is 201 Å². The van der Waals surface area contributed by atoms with Crippen LogP contribution in [0.15, 0.2) is 12.2 Å². The van der Waals surface area contributed by atoms with Crippen molar-refractivity contribution in [3.8, 4) is 0 Å². The minimum Gasteiger partial charge on any atom is -0.462 e. The van der Waals surface area contributed by atoms with E-state index in [0.29, 0.717) is 24.8 Å². The normalized spacial score (nSPS) is 47.9. The zero-order valence-corrected chi connectivity index (χ0v) is 21.4. The lowest BCUT2D eigenvalue weighted by Gasteiger charge is -2.70. The fourth-order valence-electron chi connectivity index (χ4n) is 8.98. The van der Waals surface area contributed by atoms with Crippen molar-refractivity contribution in [3.05, 3.63) is 12.2 Å². The van der Waals surface area contributed by atoms with Crippen LogP contribution in [0.3, 0.4) is 0 Å². The molecule has 5 aliphatic rings. The van der Waals surface area contributed by atoms with Gasteiger partial charge in [0.05, 0.1) is 17.6 Å². The van der Waals surface area contributed by atoms with E-state index in [1.54, 1.807) is 0 Å². The maximum absolute atomic E-state index is 14.2. The highest BCUT2D eigenvalue weighted by Crippen LogP contribution is 2.74. The molecule has 1 saturated heterocycles. The summed E-state index contributed by atoms with van der Waals surface area (Å²) in [6.45, 7) is 17.5. The van der Waals surface area contributed by atoms with Crippen LogP contribution >= 0.6 is 0 Å². The van der Waals surface area contributed by atoms with Gasteiger partial charge >= 0.3 is 11.9 Å². The van der Waals surface area contributed by atoms with E-state index in [-0.39, 0.29) is 35.0 Å². The molecule has 34 heavy (non-hydrogen) atoms. The lowest BCUT2D eigenvalue weighted by molar-refractivity contribution is -0.393. The van der Waals surface area contributed by atoms with Gasteiger partial charge in [-0.25, -0.2) is 0 Å². The second-order valence-corrected chi connectivity index (χ2v) is 12.6. The van der Waals surface area contributed by atoms with Gasteiger partial charge in [0.25, 0.3) is 0 Å². The van der Waals surface area contributed by atoms with Crippen LogP contribution in [0.5, 0.6) is 0 Å². The van der Waals surface area contributed by atoms with Gasteiger partial charge in [0.15, 0.2) is 11.6 Å². The predicted molar refractivity (Wildman–Crippen MR) is 122 cm³/mol. The molecule has 2 bridgehead atoms. The average molecular weight is 475 g/mol. The molecule has 0 amide bonds. The van der Waals surface area contributed by atoms with Crippen LogP contribution in [-0.4, -0.2) is 47.9 Å². The Morgan fingerprint density at radius 3 is 2.26 bits per heavy atom. The topological polar surface area (TPSA) is 88.1 Å². The summed E-state index contributed by atoms with van der Waals surface area (Å²) in [6, 6.07) is 0. The van der Waals surface area contributed by atoms with Crippen LogP contribution in [0.1, 0.15) is 74.1 Å². The van der Waals surface area contributed by atoms with Gasteiger partial charge in [0.1, 0.15) is 12.2 Å². The van der Waals surface area contributed by atoms with E-state index in [1.807, 2.05) is 13.8 Å². The lowest BCUT2D eigenvalue weighted by atomic mass is 9.38. The van der Waals surface area contributed by atoms with E-state index in [2.05, 4.69) is 27.4 Å². The summed E-state index contributed by atoms with van der Waals surface area (Å²) in [7, 11) is 0. The van der Waals surface area contributed by atoms with Gasteiger partial charge in [0.2, 0.25) is 0 Å². The number of Topliss-reactive ketones (excluding diaryl/α,β-unsaturated/α-hetero) is 1. The highest BCUT2D eigenvalue weighted by atomic mass is 16.7. The Balaban J connectivity index is 1.77. The predicted octanol–water partition coefficient (Wildman–Crippen LogP) is 3.98. The van der Waals surface area contributed by atoms with E-state index < -0.39 is 47.0 Å². The van der Waals surface area contributed by atoms with Gasteiger partial charge in [-0.1, -0.05) is 27.4 Å². The van der Waals surface area contributed by atoms with E-state index in [9.17, 15) is 14.4 Å². The number of fused-ring (bicyclic) bond motifs is 2. The molecule has 1 spiro atoms. The maximum Gasteiger partial charge on any atom is 0.302 e. The van der Waals surface area contributed by atoms with E-state index >= 15 is 0 Å². The van der Waals surface area contributed by atoms with Crippen molar-refractivity contribution in [1.29, 1.82) is 0 Å². The van der Waals surface area contributed by atoms with Crippen LogP contribution in [-0.2, 0) is 33.3 Å². The zero-order valence-electron chi connectivity index (χ0n) is 21.4. The van der Waals surface area contributed by atoms with Crippen LogP contribution in [0, 0.1) is 34.0 Å². The average Bonchev–Trinajstić information content (AvgIpc) is 2.82. The first-order chi connectivity index (χ1) is 15.7. The van der Waals surface area contributed by atoms with Crippen LogP contribution in [0.2, 0.25) is 0 Å². The quantitative estimate of drug-likeness (QED) is 0.442. The maximum atomic E-state index is 14.2. The molecule has 7 nitrogen and oxygen atoms in total. The third kappa shape index (κ3) is 2.92. The van der Waals surface area contributed by atoms with E-state index in [4.69, 9.17) is 18.9 Å². The Morgan fingerprint density at radius 2 is 1.65 bits per heavy atom. The molecule has 9 unspecified atom stereocenters. The number of carbonyl (C=O) groups excluding carboxylic acids is 3. The van der Waals surface area contributed by atoms with Crippen molar-refractivity contribution in [1.82, 2.24) is 0 Å². The minimum atomic E-state index is -1.02. The molecule has 9 atom stereocenters. The molecule has 5 fully saturated rings. The van der Waals surface area contributed by atoms with Crippen LogP contribution in [0.25, 0.3) is 0 Å². The number of ketones is 1. The number of esters is 2. The summed E-state index contributed by atoms with van der Waals surface area (Å²) in [5, 5.41) is 0. The summed E-state index contributed by atoms with van der Waals surface area (Å²) >= 11 is 0. The first kappa shape index (κ1) is 24.0. The van der Waals surface area contributed by atoms with Crippen molar-refractivity contribution < 1.29 is 33.3 Å². The molecular weight excluding hydrogens is 436 g/mol. The number of hydrogen-bond donors (Lipinski definition) is 0. The second kappa shape index (κ2) is 7.16. The van der Waals surface area contributed by atoms with Gasteiger partial charge in [-0.3, -0.25) is 14.4 Å². The molecule has 5 rings (SSSR count). The van der Waals surface area contributed by atoms with E-state index in [1.165, 1.54) is 13.8 Å². The zero-order chi connectivity index (χ0) is 25.0. The highest BCUT2D eigenvalue weighted by molar-refractivity contribution is 6.05. The number of rotatable bonds is 2. The molecule has 0 aromatic heterocycles. The summed E-state index contributed by atoms with van der Waals surface area (Å²) in [5.41, 5.74) is -1.17. The molecule has 188 valence electrons. The van der Waals surface area contributed by atoms with Crippen LogP contribution < -0.4 is 0 Å². The van der Waals surface area contributed by atoms with Gasteiger partial charge in [-0.15, -0.1) is 0 Å². The third-order valence-corrected chi connectivity index (χ3v) is 9.90. The fourth-order valence-corrected chi connectivity index (χ4v) is 8.98. The number of carbonyl (C=O) groups is 3. The minimum absolute atomic E-state index is 0.0349. The first-order valence-electron chi connectivity index (χ1n) is 12.6. The monoisotopic (exact) mass is 474 g/mol. The van der Waals surface area contributed by atoms with Crippen molar-refractivity contribution in [3.63, 3.8) is 0 Å². The number of hydrogen-bond acceptors (Lipinski definition) is 7. The molecule has 1 aliphatic heterocycles. The SMILES string of the molecule is C=C1C(=O)C23C4CC5C(C)(C)CCC(OC(C)=O)C5(C)C2C(OC(C)=O)CC1C3OC(C)(C)O4. The smallest absolute Gasteiger partial charge is 0.302 e. The summed E-state index contributed by atoms with van der Waals surface area (Å²) in [5.74, 6) is -2.15. The van der Waals surface area contributed by atoms with Gasteiger partial charge < -0.3 is 18.9 Å². The second-order valence-electron chi connectivity index (χ2n) is 12.6. The standard InChI is InChI=1S/C27H38O7/c1-13-16-11-17(31-14(2)28)21-26(8)18(24(4,5)10-9-19(26)32-15(3)29)12-20-27(21,22(13)30)23(16)34-25(6,7)33-20/h16-21,23H,1,9-12H2,2-8H3. The van der Waals surface area contributed by atoms with Crippen molar-refractivity contribution in [2.45, 2.75) is 104 Å². The summed E-state index contributed by atoms with van der Waals surface area (Å²) < 4.78 is 25.1. The van der Waals surface area contributed by atoms with Crippen LogP contribution in [0.4, 0.5) is 0 Å². The van der Waals surface area contributed by atoms with Gasteiger partial charge in [0, 0.05) is 31.1 Å². The molecule has 0 radical (unpaired) electrons. The molecule has 0 N–H and O–H groups in total. The van der Waals surface area contributed by atoms with Crippen molar-refractivity contribution >= 4 is 17.7 Å². The third-order valence-electron chi connectivity index (χ3n) is 9.90. The first-order valence-corrected chi connectivity index (χ1v) is 12.6.